The number of carbonyl (C=O) groups is 1. The van der Waals surface area contributed by atoms with Crippen molar-refractivity contribution in [3.8, 4) is 5.75 Å². The van der Waals surface area contributed by atoms with Crippen LogP contribution in [-0.2, 0) is 9.53 Å². The summed E-state index contributed by atoms with van der Waals surface area (Å²) in [6.07, 6.45) is 1.73. The zero-order chi connectivity index (χ0) is 12.7. The lowest BCUT2D eigenvalue weighted by molar-refractivity contribution is -0.138. The monoisotopic (exact) mass is 232 g/mol. The second-order valence-corrected chi connectivity index (χ2v) is 3.41. The van der Waals surface area contributed by atoms with Crippen molar-refractivity contribution >= 4 is 12.0 Å². The first-order chi connectivity index (χ1) is 8.17. The Hall–Kier alpha value is -1.99. The Morgan fingerprint density at radius 1 is 1.47 bits per heavy atom. The van der Waals surface area contributed by atoms with Gasteiger partial charge >= 0.3 is 5.97 Å². The maximum Gasteiger partial charge on any atom is 0.341 e. The highest BCUT2D eigenvalue weighted by Crippen LogP contribution is 2.13. The molecule has 0 heterocycles. The third-order valence-corrected chi connectivity index (χ3v) is 2.13. The smallest absolute Gasteiger partial charge is 0.341 e. The van der Waals surface area contributed by atoms with Gasteiger partial charge in [-0.05, 0) is 37.6 Å². The molecule has 1 rings (SSSR count). The molecule has 3 heteroatoms. The Balaban J connectivity index is 2.88. The van der Waals surface area contributed by atoms with E-state index >= 15 is 0 Å². The van der Waals surface area contributed by atoms with Crippen LogP contribution < -0.4 is 4.74 Å². The van der Waals surface area contributed by atoms with E-state index in [0.29, 0.717) is 12.2 Å². The van der Waals surface area contributed by atoms with Gasteiger partial charge in [-0.1, -0.05) is 12.1 Å². The summed E-state index contributed by atoms with van der Waals surface area (Å²) in [7, 11) is 1.61. The van der Waals surface area contributed by atoms with Gasteiger partial charge in [-0.15, -0.1) is 5.73 Å². The first kappa shape index (κ1) is 13.1. The summed E-state index contributed by atoms with van der Waals surface area (Å²) < 4.78 is 9.96. The van der Waals surface area contributed by atoms with Crippen LogP contribution in [0.3, 0.4) is 0 Å². The number of benzene rings is 1. The molecule has 17 heavy (non-hydrogen) atoms. The quantitative estimate of drug-likeness (QED) is 0.455. The first-order valence-electron chi connectivity index (χ1n) is 5.42. The molecule has 1 aromatic carbocycles. The van der Waals surface area contributed by atoms with E-state index in [2.05, 4.69) is 5.73 Å². The van der Waals surface area contributed by atoms with Crippen molar-refractivity contribution in [2.45, 2.75) is 13.8 Å². The van der Waals surface area contributed by atoms with Gasteiger partial charge in [0.05, 0.1) is 19.3 Å². The molecule has 0 aliphatic rings. The summed E-state index contributed by atoms with van der Waals surface area (Å²) in [4.78, 5) is 11.3. The van der Waals surface area contributed by atoms with Crippen LogP contribution in [0.4, 0.5) is 0 Å². The Kier molecular flexibility index (Phi) is 5.05. The summed E-state index contributed by atoms with van der Waals surface area (Å²) in [5.41, 5.74) is 4.27. The molecule has 0 saturated heterocycles. The number of ether oxygens (including phenoxy) is 2. The molecule has 0 spiro atoms. The normalized spacial score (nSPS) is 9.12. The average Bonchev–Trinajstić information content (AvgIpc) is 2.36. The molecular formula is C14H16O3. The van der Waals surface area contributed by atoms with E-state index in [0.717, 1.165) is 11.3 Å². The molecule has 90 valence electrons. The van der Waals surface area contributed by atoms with Crippen LogP contribution in [0.15, 0.2) is 35.6 Å². The molecule has 0 aliphatic carbocycles. The molecule has 3 nitrogen and oxygen atoms in total. The van der Waals surface area contributed by atoms with Gasteiger partial charge in [0.2, 0.25) is 0 Å². The highest BCUT2D eigenvalue weighted by atomic mass is 16.5. The Bertz CT molecular complexity index is 454. The zero-order valence-electron chi connectivity index (χ0n) is 10.3. The lowest BCUT2D eigenvalue weighted by Crippen LogP contribution is -2.03. The SMILES string of the molecule is CCOC(=O)C(C)=C=Cc1cccc(OC)c1. The fourth-order valence-corrected chi connectivity index (χ4v) is 1.22. The fourth-order valence-electron chi connectivity index (χ4n) is 1.22. The van der Waals surface area contributed by atoms with Crippen LogP contribution in [0, 0.1) is 0 Å². The summed E-state index contributed by atoms with van der Waals surface area (Å²) in [5.74, 6) is 0.431. The molecule has 0 bridgehead atoms. The van der Waals surface area contributed by atoms with Crippen molar-refractivity contribution in [1.29, 1.82) is 0 Å². The third-order valence-electron chi connectivity index (χ3n) is 2.13. The molecular weight excluding hydrogens is 216 g/mol. The topological polar surface area (TPSA) is 35.5 Å². The summed E-state index contributed by atoms with van der Waals surface area (Å²) in [6, 6.07) is 7.52. The molecule has 0 fully saturated rings. The van der Waals surface area contributed by atoms with Crippen LogP contribution in [-0.4, -0.2) is 19.7 Å². The van der Waals surface area contributed by atoms with Crippen LogP contribution in [0.5, 0.6) is 5.75 Å². The highest BCUT2D eigenvalue weighted by molar-refractivity contribution is 5.88. The van der Waals surface area contributed by atoms with E-state index in [-0.39, 0.29) is 5.97 Å². The molecule has 0 saturated carbocycles. The van der Waals surface area contributed by atoms with Gasteiger partial charge in [-0.2, -0.15) is 0 Å². The van der Waals surface area contributed by atoms with Crippen LogP contribution in [0.2, 0.25) is 0 Å². The van der Waals surface area contributed by atoms with Crippen LogP contribution in [0.25, 0.3) is 6.08 Å². The third kappa shape index (κ3) is 4.17. The van der Waals surface area contributed by atoms with Crippen molar-refractivity contribution in [2.24, 2.45) is 0 Å². The van der Waals surface area contributed by atoms with Crippen molar-refractivity contribution in [2.75, 3.05) is 13.7 Å². The van der Waals surface area contributed by atoms with E-state index in [1.165, 1.54) is 0 Å². The molecule has 0 radical (unpaired) electrons. The Labute approximate surface area is 101 Å². The minimum Gasteiger partial charge on any atom is -0.497 e. The van der Waals surface area contributed by atoms with Crippen LogP contribution in [0.1, 0.15) is 19.4 Å². The number of rotatable bonds is 4. The second-order valence-electron chi connectivity index (χ2n) is 3.41. The molecule has 0 unspecified atom stereocenters. The zero-order valence-corrected chi connectivity index (χ0v) is 10.3. The molecule has 0 amide bonds. The molecule has 0 atom stereocenters. The van der Waals surface area contributed by atoms with Gasteiger partial charge in [-0.3, -0.25) is 0 Å². The number of hydrogen-bond donors (Lipinski definition) is 0. The van der Waals surface area contributed by atoms with E-state index in [1.807, 2.05) is 24.3 Å². The van der Waals surface area contributed by atoms with E-state index in [1.54, 1.807) is 27.0 Å². The Morgan fingerprint density at radius 2 is 2.24 bits per heavy atom. The number of carbonyl (C=O) groups excluding carboxylic acids is 1. The van der Waals surface area contributed by atoms with E-state index in [9.17, 15) is 4.79 Å². The second kappa shape index (κ2) is 6.56. The molecule has 0 aromatic heterocycles. The molecule has 0 N–H and O–H groups in total. The summed E-state index contributed by atoms with van der Waals surface area (Å²) in [6.45, 7) is 3.82. The minimum atomic E-state index is -0.341. The number of esters is 1. The highest BCUT2D eigenvalue weighted by Gasteiger charge is 2.02. The predicted molar refractivity (Wildman–Crippen MR) is 66.8 cm³/mol. The molecule has 0 aliphatic heterocycles. The number of hydrogen-bond acceptors (Lipinski definition) is 3. The maximum absolute atomic E-state index is 11.3. The minimum absolute atomic E-state index is 0.341. The number of methoxy groups -OCH3 is 1. The van der Waals surface area contributed by atoms with Gasteiger partial charge in [0, 0.05) is 0 Å². The first-order valence-corrected chi connectivity index (χ1v) is 5.42. The standard InChI is InChI=1S/C14H16O3/c1-4-17-14(15)11(2)8-9-12-6-5-7-13(10-12)16-3/h5-7,9-10H,4H2,1-3H3. The van der Waals surface area contributed by atoms with Crippen molar-refractivity contribution in [3.63, 3.8) is 0 Å². The van der Waals surface area contributed by atoms with Gasteiger partial charge in [0.25, 0.3) is 0 Å². The van der Waals surface area contributed by atoms with Gasteiger partial charge in [-0.25, -0.2) is 4.79 Å². The Morgan fingerprint density at radius 3 is 2.88 bits per heavy atom. The fraction of sp³-hybridized carbons (Fsp3) is 0.286. The lowest BCUT2D eigenvalue weighted by Gasteiger charge is -1.99. The predicted octanol–water partition coefficient (Wildman–Crippen LogP) is 2.82. The van der Waals surface area contributed by atoms with Gasteiger partial charge in [0.15, 0.2) is 0 Å². The van der Waals surface area contributed by atoms with E-state index in [4.69, 9.17) is 9.47 Å². The summed E-state index contributed by atoms with van der Waals surface area (Å²) in [5, 5.41) is 0. The van der Waals surface area contributed by atoms with E-state index < -0.39 is 0 Å². The molecule has 1 aromatic rings. The van der Waals surface area contributed by atoms with Crippen molar-refractivity contribution in [1.82, 2.24) is 0 Å². The largest absolute Gasteiger partial charge is 0.497 e. The van der Waals surface area contributed by atoms with Crippen molar-refractivity contribution in [3.05, 3.63) is 41.1 Å². The lowest BCUT2D eigenvalue weighted by atomic mass is 10.2. The summed E-state index contributed by atoms with van der Waals surface area (Å²) >= 11 is 0. The van der Waals surface area contributed by atoms with Gasteiger partial charge < -0.3 is 9.47 Å². The van der Waals surface area contributed by atoms with Gasteiger partial charge in [0.1, 0.15) is 5.75 Å². The van der Waals surface area contributed by atoms with Crippen molar-refractivity contribution < 1.29 is 14.3 Å². The average molecular weight is 232 g/mol. The van der Waals surface area contributed by atoms with Crippen LogP contribution >= 0.6 is 0 Å². The maximum atomic E-state index is 11.3.